The lowest BCUT2D eigenvalue weighted by Gasteiger charge is -2.30. The van der Waals surface area contributed by atoms with Crippen LogP contribution in [0.5, 0.6) is 0 Å². The number of rotatable bonds is 3. The Bertz CT molecular complexity index is 795. The van der Waals surface area contributed by atoms with E-state index >= 15 is 0 Å². The second-order valence-corrected chi connectivity index (χ2v) is 7.29. The van der Waals surface area contributed by atoms with Crippen LogP contribution in [0.4, 0.5) is 0 Å². The van der Waals surface area contributed by atoms with Crippen LogP contribution in [0.15, 0.2) is 24.3 Å². The molecule has 5 heteroatoms. The van der Waals surface area contributed by atoms with Crippen LogP contribution in [0, 0.1) is 6.92 Å². The number of para-hydroxylation sites is 1. The van der Waals surface area contributed by atoms with Gasteiger partial charge in [0.05, 0.1) is 5.69 Å². The van der Waals surface area contributed by atoms with Crippen LogP contribution in [0.2, 0.25) is 0 Å². The third-order valence-electron chi connectivity index (χ3n) is 5.57. The number of hydrogen-bond acceptors (Lipinski definition) is 3. The van der Waals surface area contributed by atoms with E-state index in [0.717, 1.165) is 49.9 Å². The molecule has 1 aromatic carbocycles. The average Bonchev–Trinajstić information content (AvgIpc) is 3.20. The van der Waals surface area contributed by atoms with Crippen molar-refractivity contribution in [1.82, 2.24) is 20.4 Å². The fraction of sp³-hybridized carbons (Fsp3) is 0.500. The minimum absolute atomic E-state index is 0.0222. The predicted molar refractivity (Wildman–Crippen MR) is 98.3 cm³/mol. The molecule has 0 radical (unpaired) electrons. The van der Waals surface area contributed by atoms with Gasteiger partial charge in [-0.25, -0.2) is 4.68 Å². The molecular formula is C20H26N4O. The summed E-state index contributed by atoms with van der Waals surface area (Å²) in [6.45, 7) is 5.26. The summed E-state index contributed by atoms with van der Waals surface area (Å²) in [7, 11) is 0. The molecule has 0 spiro atoms. The van der Waals surface area contributed by atoms with E-state index in [2.05, 4.69) is 36.6 Å². The number of aryl methyl sites for hydroxylation is 1. The van der Waals surface area contributed by atoms with E-state index in [1.807, 2.05) is 16.8 Å². The van der Waals surface area contributed by atoms with Crippen LogP contribution in [0.25, 0.3) is 5.69 Å². The number of nitrogens with one attached hydrogen (secondary N) is 2. The zero-order valence-electron chi connectivity index (χ0n) is 15.0. The fourth-order valence-electron chi connectivity index (χ4n) is 4.10. The molecule has 2 aromatic rings. The maximum atomic E-state index is 12.9. The first-order valence-corrected chi connectivity index (χ1v) is 9.36. The van der Waals surface area contributed by atoms with Crippen LogP contribution in [0.1, 0.15) is 53.5 Å². The fourth-order valence-corrected chi connectivity index (χ4v) is 4.10. The molecule has 2 unspecified atom stereocenters. The highest BCUT2D eigenvalue weighted by Crippen LogP contribution is 2.29. The minimum Gasteiger partial charge on any atom is -0.346 e. The Hall–Kier alpha value is -2.14. The van der Waals surface area contributed by atoms with Crippen molar-refractivity contribution < 1.29 is 4.79 Å². The molecule has 1 fully saturated rings. The molecule has 1 amide bonds. The number of aromatic nitrogens is 2. The van der Waals surface area contributed by atoms with E-state index in [-0.39, 0.29) is 11.9 Å². The summed E-state index contributed by atoms with van der Waals surface area (Å²) in [4.78, 5) is 12.9. The van der Waals surface area contributed by atoms with Crippen molar-refractivity contribution in [3.8, 4) is 5.69 Å². The van der Waals surface area contributed by atoms with Gasteiger partial charge in [-0.1, -0.05) is 18.2 Å². The summed E-state index contributed by atoms with van der Waals surface area (Å²) < 4.78 is 2.00. The lowest BCUT2D eigenvalue weighted by Crippen LogP contribution is -2.52. The Morgan fingerprint density at radius 1 is 1.28 bits per heavy atom. The van der Waals surface area contributed by atoms with Crippen molar-refractivity contribution in [3.63, 3.8) is 0 Å². The van der Waals surface area contributed by atoms with Crippen molar-refractivity contribution in [2.75, 3.05) is 6.54 Å². The molecule has 132 valence electrons. The van der Waals surface area contributed by atoms with Gasteiger partial charge in [0.15, 0.2) is 5.69 Å². The Labute approximate surface area is 148 Å². The molecule has 1 aliphatic heterocycles. The van der Waals surface area contributed by atoms with Gasteiger partial charge in [-0.3, -0.25) is 4.79 Å². The maximum absolute atomic E-state index is 12.9. The third kappa shape index (κ3) is 2.97. The smallest absolute Gasteiger partial charge is 0.272 e. The van der Waals surface area contributed by atoms with E-state index in [1.54, 1.807) is 0 Å². The quantitative estimate of drug-likeness (QED) is 0.904. The van der Waals surface area contributed by atoms with Gasteiger partial charge in [0.25, 0.3) is 5.91 Å². The van der Waals surface area contributed by atoms with Gasteiger partial charge in [-0.15, -0.1) is 0 Å². The second-order valence-electron chi connectivity index (χ2n) is 7.29. The highest BCUT2D eigenvalue weighted by Gasteiger charge is 2.30. The first-order valence-electron chi connectivity index (χ1n) is 9.36. The van der Waals surface area contributed by atoms with Gasteiger partial charge < -0.3 is 10.6 Å². The third-order valence-corrected chi connectivity index (χ3v) is 5.57. The molecule has 1 saturated heterocycles. The number of piperidine rings is 1. The first kappa shape index (κ1) is 16.3. The molecule has 5 nitrogen and oxygen atoms in total. The molecule has 2 atom stereocenters. The molecule has 4 rings (SSSR count). The number of carbonyl (C=O) groups is 1. The molecule has 25 heavy (non-hydrogen) atoms. The van der Waals surface area contributed by atoms with E-state index in [0.29, 0.717) is 11.7 Å². The van der Waals surface area contributed by atoms with E-state index in [1.165, 1.54) is 11.3 Å². The molecule has 1 aliphatic carbocycles. The second kappa shape index (κ2) is 6.64. The summed E-state index contributed by atoms with van der Waals surface area (Å²) in [6, 6.07) is 8.73. The normalized spacial score (nSPS) is 22.6. The Morgan fingerprint density at radius 3 is 2.92 bits per heavy atom. The lowest BCUT2D eigenvalue weighted by molar-refractivity contribution is 0.0913. The zero-order valence-corrected chi connectivity index (χ0v) is 15.0. The summed E-state index contributed by atoms with van der Waals surface area (Å²) in [5.74, 6) is -0.0222. The van der Waals surface area contributed by atoms with Crippen LogP contribution >= 0.6 is 0 Å². The SMILES string of the molecule is Cc1ccccc1-n1nc(C(=O)NC2CCCNC2C)c2c1CCC2. The first-order chi connectivity index (χ1) is 12.1. The van der Waals surface area contributed by atoms with E-state index < -0.39 is 0 Å². The number of nitrogens with zero attached hydrogens (tertiary/aromatic N) is 2. The molecule has 0 bridgehead atoms. The average molecular weight is 338 g/mol. The Balaban J connectivity index is 1.66. The topological polar surface area (TPSA) is 59.0 Å². The molecule has 2 aliphatic rings. The van der Waals surface area contributed by atoms with Crippen LogP contribution in [-0.2, 0) is 12.8 Å². The van der Waals surface area contributed by atoms with Gasteiger partial charge in [-0.05, 0) is 64.1 Å². The van der Waals surface area contributed by atoms with Gasteiger partial charge in [0.1, 0.15) is 0 Å². The van der Waals surface area contributed by atoms with E-state index in [4.69, 9.17) is 5.10 Å². The number of benzene rings is 1. The monoisotopic (exact) mass is 338 g/mol. The summed E-state index contributed by atoms with van der Waals surface area (Å²) in [6.07, 6.45) is 5.17. The molecule has 0 saturated carbocycles. The largest absolute Gasteiger partial charge is 0.346 e. The highest BCUT2D eigenvalue weighted by molar-refractivity contribution is 5.94. The van der Waals surface area contributed by atoms with Crippen molar-refractivity contribution in [3.05, 3.63) is 46.8 Å². The van der Waals surface area contributed by atoms with Gasteiger partial charge >= 0.3 is 0 Å². The van der Waals surface area contributed by atoms with E-state index in [9.17, 15) is 4.79 Å². The number of carbonyl (C=O) groups excluding carboxylic acids is 1. The molecule has 1 aromatic heterocycles. The van der Waals surface area contributed by atoms with Gasteiger partial charge in [-0.2, -0.15) is 5.10 Å². The summed E-state index contributed by atoms with van der Waals surface area (Å²) in [5.41, 5.74) is 5.21. The van der Waals surface area contributed by atoms with Crippen LogP contribution < -0.4 is 10.6 Å². The molecular weight excluding hydrogens is 312 g/mol. The summed E-state index contributed by atoms with van der Waals surface area (Å²) >= 11 is 0. The highest BCUT2D eigenvalue weighted by atomic mass is 16.2. The Kier molecular flexibility index (Phi) is 4.34. The minimum atomic E-state index is -0.0222. The van der Waals surface area contributed by atoms with Crippen LogP contribution in [0.3, 0.4) is 0 Å². The van der Waals surface area contributed by atoms with Gasteiger partial charge in [0.2, 0.25) is 0 Å². The lowest BCUT2D eigenvalue weighted by atomic mass is 9.99. The number of fused-ring (bicyclic) bond motifs is 1. The van der Waals surface area contributed by atoms with Crippen molar-refractivity contribution in [2.24, 2.45) is 0 Å². The van der Waals surface area contributed by atoms with Crippen molar-refractivity contribution >= 4 is 5.91 Å². The Morgan fingerprint density at radius 2 is 2.12 bits per heavy atom. The van der Waals surface area contributed by atoms with Crippen LogP contribution in [-0.4, -0.2) is 34.3 Å². The van der Waals surface area contributed by atoms with Crippen molar-refractivity contribution in [1.29, 1.82) is 0 Å². The molecule has 2 heterocycles. The standard InChI is InChI=1S/C20H26N4O/c1-13-7-3-4-10-17(13)24-18-11-5-8-15(18)19(23-24)20(25)22-16-9-6-12-21-14(16)2/h3-4,7,10,14,16,21H,5-6,8-9,11-12H2,1-2H3,(H,22,25). The maximum Gasteiger partial charge on any atom is 0.272 e. The predicted octanol–water partition coefficient (Wildman–Crippen LogP) is 2.54. The molecule has 2 N–H and O–H groups in total. The zero-order chi connectivity index (χ0) is 17.4. The van der Waals surface area contributed by atoms with Gasteiger partial charge in [0, 0.05) is 23.3 Å². The van der Waals surface area contributed by atoms with Crippen molar-refractivity contribution in [2.45, 2.75) is 58.0 Å². The number of hydrogen-bond donors (Lipinski definition) is 2. The summed E-state index contributed by atoms with van der Waals surface area (Å²) in [5, 5.41) is 11.4. The number of amides is 1.